The quantitative estimate of drug-likeness (QED) is 0.798. The van der Waals surface area contributed by atoms with Crippen molar-refractivity contribution in [2.24, 2.45) is 17.4 Å². The molecule has 0 saturated carbocycles. The van der Waals surface area contributed by atoms with Crippen molar-refractivity contribution in [3.63, 3.8) is 0 Å². The zero-order valence-electron chi connectivity index (χ0n) is 12.3. The number of rotatable bonds is 7. The molecule has 4 N–H and O–H groups in total. The number of benzene rings is 1. The lowest BCUT2D eigenvalue weighted by Crippen LogP contribution is -2.45. The van der Waals surface area contributed by atoms with Gasteiger partial charge in [-0.2, -0.15) is 0 Å². The Kier molecular flexibility index (Phi) is 6.10. The summed E-state index contributed by atoms with van der Waals surface area (Å²) in [7, 11) is 0. The SMILES string of the molecule is CC(C)CN(CC(N)=O)C(c1cccc(F)c1)C(C)N. The van der Waals surface area contributed by atoms with Gasteiger partial charge in [0.15, 0.2) is 0 Å². The van der Waals surface area contributed by atoms with Crippen molar-refractivity contribution in [1.29, 1.82) is 0 Å². The molecule has 0 radical (unpaired) electrons. The van der Waals surface area contributed by atoms with E-state index in [0.717, 1.165) is 5.56 Å². The zero-order chi connectivity index (χ0) is 15.3. The van der Waals surface area contributed by atoms with Crippen LogP contribution in [0, 0.1) is 11.7 Å². The van der Waals surface area contributed by atoms with Crippen LogP contribution < -0.4 is 11.5 Å². The van der Waals surface area contributed by atoms with Crippen LogP contribution in [0.4, 0.5) is 4.39 Å². The number of hydrogen-bond acceptors (Lipinski definition) is 3. The fourth-order valence-corrected chi connectivity index (χ4v) is 2.48. The third-order valence-electron chi connectivity index (χ3n) is 3.04. The highest BCUT2D eigenvalue weighted by atomic mass is 19.1. The van der Waals surface area contributed by atoms with E-state index in [1.807, 2.05) is 17.9 Å². The molecule has 112 valence electrons. The fourth-order valence-electron chi connectivity index (χ4n) is 2.48. The number of halogens is 1. The van der Waals surface area contributed by atoms with Crippen LogP contribution in [0.1, 0.15) is 32.4 Å². The minimum absolute atomic E-state index is 0.112. The van der Waals surface area contributed by atoms with Crippen molar-refractivity contribution in [1.82, 2.24) is 4.90 Å². The molecule has 0 heterocycles. The molecule has 20 heavy (non-hydrogen) atoms. The maximum atomic E-state index is 13.4. The molecule has 0 bridgehead atoms. The molecule has 0 aliphatic heterocycles. The van der Waals surface area contributed by atoms with Gasteiger partial charge in [0.1, 0.15) is 5.82 Å². The Morgan fingerprint density at radius 1 is 1.35 bits per heavy atom. The molecule has 2 atom stereocenters. The molecule has 1 aromatic carbocycles. The van der Waals surface area contributed by atoms with E-state index in [9.17, 15) is 9.18 Å². The molecule has 2 unspecified atom stereocenters. The number of amides is 1. The van der Waals surface area contributed by atoms with Crippen LogP contribution in [0.25, 0.3) is 0 Å². The van der Waals surface area contributed by atoms with Gasteiger partial charge in [-0.1, -0.05) is 26.0 Å². The molecular weight excluding hydrogens is 257 g/mol. The Morgan fingerprint density at radius 2 is 2.00 bits per heavy atom. The largest absolute Gasteiger partial charge is 0.369 e. The summed E-state index contributed by atoms with van der Waals surface area (Å²) < 4.78 is 13.4. The summed E-state index contributed by atoms with van der Waals surface area (Å²) in [6.45, 7) is 6.74. The Hall–Kier alpha value is -1.46. The van der Waals surface area contributed by atoms with Gasteiger partial charge in [-0.15, -0.1) is 0 Å². The summed E-state index contributed by atoms with van der Waals surface area (Å²) >= 11 is 0. The molecule has 4 nitrogen and oxygen atoms in total. The molecule has 1 amide bonds. The molecule has 0 fully saturated rings. The Bertz CT molecular complexity index is 448. The van der Waals surface area contributed by atoms with E-state index in [-0.39, 0.29) is 24.4 Å². The number of carbonyl (C=O) groups excluding carboxylic acids is 1. The first-order chi connectivity index (χ1) is 9.31. The first-order valence-electron chi connectivity index (χ1n) is 6.84. The summed E-state index contributed by atoms with van der Waals surface area (Å²) in [6.07, 6.45) is 0. The Labute approximate surface area is 119 Å². The van der Waals surface area contributed by atoms with E-state index in [1.165, 1.54) is 12.1 Å². The third-order valence-corrected chi connectivity index (χ3v) is 3.04. The maximum Gasteiger partial charge on any atom is 0.231 e. The monoisotopic (exact) mass is 281 g/mol. The third kappa shape index (κ3) is 4.90. The molecule has 1 aromatic rings. The molecular formula is C15H24FN3O. The second-order valence-corrected chi connectivity index (χ2v) is 5.65. The fraction of sp³-hybridized carbons (Fsp3) is 0.533. The number of hydrogen-bond donors (Lipinski definition) is 2. The first kappa shape index (κ1) is 16.6. The van der Waals surface area contributed by atoms with Gasteiger partial charge < -0.3 is 11.5 Å². The van der Waals surface area contributed by atoms with Crippen LogP contribution in [-0.4, -0.2) is 29.9 Å². The molecule has 0 spiro atoms. The van der Waals surface area contributed by atoms with Crippen LogP contribution >= 0.6 is 0 Å². The van der Waals surface area contributed by atoms with Gasteiger partial charge in [0.2, 0.25) is 5.91 Å². The van der Waals surface area contributed by atoms with Gasteiger partial charge in [0, 0.05) is 12.6 Å². The van der Waals surface area contributed by atoms with Crippen LogP contribution in [0.3, 0.4) is 0 Å². The lowest BCUT2D eigenvalue weighted by atomic mass is 9.97. The van der Waals surface area contributed by atoms with Gasteiger partial charge in [-0.05, 0) is 30.5 Å². The summed E-state index contributed by atoms with van der Waals surface area (Å²) in [5.41, 5.74) is 12.1. The number of carbonyl (C=O) groups is 1. The average molecular weight is 281 g/mol. The van der Waals surface area contributed by atoms with Crippen LogP contribution in [0.5, 0.6) is 0 Å². The minimum atomic E-state index is -0.410. The topological polar surface area (TPSA) is 72.3 Å². The standard InChI is InChI=1S/C15H24FN3O/c1-10(2)8-19(9-14(18)20)15(11(3)17)12-5-4-6-13(16)7-12/h4-7,10-11,15H,8-9,17H2,1-3H3,(H2,18,20). The highest BCUT2D eigenvalue weighted by Gasteiger charge is 2.26. The van der Waals surface area contributed by atoms with Crippen LogP contribution in [0.2, 0.25) is 0 Å². The summed E-state index contributed by atoms with van der Waals surface area (Å²) in [6, 6.07) is 5.85. The number of primary amides is 1. The van der Waals surface area contributed by atoms with Crippen molar-refractivity contribution < 1.29 is 9.18 Å². The summed E-state index contributed by atoms with van der Waals surface area (Å²) in [5.74, 6) is -0.367. The Morgan fingerprint density at radius 3 is 2.45 bits per heavy atom. The minimum Gasteiger partial charge on any atom is -0.369 e. The predicted octanol–water partition coefficient (Wildman–Crippen LogP) is 1.66. The van der Waals surface area contributed by atoms with Crippen molar-refractivity contribution in [2.75, 3.05) is 13.1 Å². The molecule has 5 heteroatoms. The van der Waals surface area contributed by atoms with Crippen LogP contribution in [0.15, 0.2) is 24.3 Å². The molecule has 1 rings (SSSR count). The predicted molar refractivity (Wildman–Crippen MR) is 78.4 cm³/mol. The number of nitrogens with zero attached hydrogens (tertiary/aromatic N) is 1. The second-order valence-electron chi connectivity index (χ2n) is 5.65. The zero-order valence-corrected chi connectivity index (χ0v) is 12.3. The molecule has 0 saturated heterocycles. The Balaban J connectivity index is 3.09. The molecule has 0 aliphatic rings. The smallest absolute Gasteiger partial charge is 0.231 e. The highest BCUT2D eigenvalue weighted by molar-refractivity contribution is 5.76. The normalized spacial score (nSPS) is 14.6. The average Bonchev–Trinajstić information content (AvgIpc) is 2.26. The van der Waals surface area contributed by atoms with Gasteiger partial charge in [-0.3, -0.25) is 9.69 Å². The molecule has 0 aromatic heterocycles. The lowest BCUT2D eigenvalue weighted by molar-refractivity contribution is -0.120. The summed E-state index contributed by atoms with van der Waals surface area (Å²) in [5, 5.41) is 0. The van der Waals surface area contributed by atoms with E-state index in [2.05, 4.69) is 13.8 Å². The van der Waals surface area contributed by atoms with Gasteiger partial charge in [-0.25, -0.2) is 4.39 Å². The van der Waals surface area contributed by atoms with E-state index in [1.54, 1.807) is 6.07 Å². The van der Waals surface area contributed by atoms with E-state index < -0.39 is 5.91 Å². The van der Waals surface area contributed by atoms with Gasteiger partial charge >= 0.3 is 0 Å². The van der Waals surface area contributed by atoms with Gasteiger partial charge in [0.25, 0.3) is 0 Å². The second kappa shape index (κ2) is 7.36. The van der Waals surface area contributed by atoms with E-state index in [4.69, 9.17) is 11.5 Å². The van der Waals surface area contributed by atoms with Crippen LogP contribution in [-0.2, 0) is 4.79 Å². The summed E-state index contributed by atoms with van der Waals surface area (Å²) in [4.78, 5) is 13.2. The van der Waals surface area contributed by atoms with Crippen molar-refractivity contribution in [3.8, 4) is 0 Å². The molecule has 0 aliphatic carbocycles. The maximum absolute atomic E-state index is 13.4. The first-order valence-corrected chi connectivity index (χ1v) is 6.84. The van der Waals surface area contributed by atoms with Gasteiger partial charge in [0.05, 0.1) is 12.6 Å². The van der Waals surface area contributed by atoms with Crippen molar-refractivity contribution in [2.45, 2.75) is 32.9 Å². The van der Waals surface area contributed by atoms with E-state index >= 15 is 0 Å². The van der Waals surface area contributed by atoms with Crippen molar-refractivity contribution in [3.05, 3.63) is 35.6 Å². The lowest BCUT2D eigenvalue weighted by Gasteiger charge is -2.35. The highest BCUT2D eigenvalue weighted by Crippen LogP contribution is 2.25. The van der Waals surface area contributed by atoms with E-state index in [0.29, 0.717) is 12.5 Å². The van der Waals surface area contributed by atoms with Crippen molar-refractivity contribution >= 4 is 5.91 Å². The number of nitrogens with two attached hydrogens (primary N) is 2.